The molecule has 1 heterocycles. The van der Waals surface area contributed by atoms with E-state index >= 15 is 0 Å². The summed E-state index contributed by atoms with van der Waals surface area (Å²) in [5.74, 6) is 1.08. The van der Waals surface area contributed by atoms with Gasteiger partial charge in [0.05, 0.1) is 12.0 Å². The predicted octanol–water partition coefficient (Wildman–Crippen LogP) is 5.19. The largest absolute Gasteiger partial charge is 0.496 e. The van der Waals surface area contributed by atoms with Crippen molar-refractivity contribution in [2.75, 3.05) is 5.73 Å². The summed E-state index contributed by atoms with van der Waals surface area (Å²) in [5, 5.41) is 0. The number of nitrogens with two attached hydrogens (primary N) is 1. The zero-order valence-corrected chi connectivity index (χ0v) is 15.7. The minimum Gasteiger partial charge on any atom is -0.496 e. The van der Waals surface area contributed by atoms with Crippen LogP contribution >= 0.6 is 0 Å². The van der Waals surface area contributed by atoms with Crippen molar-refractivity contribution in [2.24, 2.45) is 0 Å². The zero-order chi connectivity index (χ0) is 19.3. The van der Waals surface area contributed by atoms with Crippen LogP contribution in [0.15, 0.2) is 73.8 Å². The van der Waals surface area contributed by atoms with E-state index in [1.165, 1.54) is 24.7 Å². The summed E-state index contributed by atoms with van der Waals surface area (Å²) in [6, 6.07) is 18.7. The number of nitrogen functional groups attached to an aromatic ring is 1. The molecule has 0 aliphatic heterocycles. The van der Waals surface area contributed by atoms with Crippen LogP contribution in [-0.4, -0.2) is 9.97 Å². The van der Waals surface area contributed by atoms with Gasteiger partial charge in [-0.1, -0.05) is 67.3 Å². The SMILES string of the molecule is C=Cc1c(N)ncnc1/C(=C/OCc1ccccc1)c1cccc(C2CC2)c1. The minimum absolute atomic E-state index is 0.410. The summed E-state index contributed by atoms with van der Waals surface area (Å²) in [4.78, 5) is 8.59. The first-order chi connectivity index (χ1) is 13.8. The number of benzene rings is 2. The lowest BCUT2D eigenvalue weighted by molar-refractivity contribution is 0.238. The van der Waals surface area contributed by atoms with Crippen LogP contribution in [0.4, 0.5) is 5.82 Å². The maximum atomic E-state index is 6.07. The van der Waals surface area contributed by atoms with E-state index in [9.17, 15) is 0 Å². The molecule has 1 saturated carbocycles. The topological polar surface area (TPSA) is 61.0 Å². The first-order valence-electron chi connectivity index (χ1n) is 9.45. The Morgan fingerprint density at radius 2 is 1.93 bits per heavy atom. The quantitative estimate of drug-likeness (QED) is 0.583. The molecule has 1 aliphatic rings. The van der Waals surface area contributed by atoms with Gasteiger partial charge in [0, 0.05) is 11.1 Å². The summed E-state index contributed by atoms with van der Waals surface area (Å²) >= 11 is 0. The Bertz CT molecular complexity index is 1010. The number of hydrogen-bond donors (Lipinski definition) is 1. The smallest absolute Gasteiger partial charge is 0.134 e. The third kappa shape index (κ3) is 3.96. The Hall–Kier alpha value is -3.40. The Labute approximate surface area is 165 Å². The second kappa shape index (κ2) is 8.09. The van der Waals surface area contributed by atoms with E-state index in [2.05, 4.69) is 40.8 Å². The van der Waals surface area contributed by atoms with Gasteiger partial charge < -0.3 is 10.5 Å². The Morgan fingerprint density at radius 1 is 1.11 bits per heavy atom. The van der Waals surface area contributed by atoms with Crippen LogP contribution in [0.25, 0.3) is 11.6 Å². The average molecular weight is 369 g/mol. The molecule has 0 atom stereocenters. The first-order valence-corrected chi connectivity index (χ1v) is 9.45. The molecule has 1 fully saturated rings. The van der Waals surface area contributed by atoms with E-state index in [0.29, 0.717) is 23.9 Å². The van der Waals surface area contributed by atoms with Crippen molar-refractivity contribution in [3.05, 3.63) is 102 Å². The fourth-order valence-corrected chi connectivity index (χ4v) is 3.26. The number of aromatic nitrogens is 2. The van der Waals surface area contributed by atoms with Crippen molar-refractivity contribution in [2.45, 2.75) is 25.4 Å². The van der Waals surface area contributed by atoms with Crippen LogP contribution in [-0.2, 0) is 11.3 Å². The van der Waals surface area contributed by atoms with Gasteiger partial charge in [0.15, 0.2) is 0 Å². The summed E-state index contributed by atoms with van der Waals surface area (Å²) < 4.78 is 5.95. The Balaban J connectivity index is 1.72. The third-order valence-corrected chi connectivity index (χ3v) is 4.91. The normalized spacial score (nSPS) is 13.9. The lowest BCUT2D eigenvalue weighted by Gasteiger charge is -2.13. The van der Waals surface area contributed by atoms with Crippen LogP contribution in [0.3, 0.4) is 0 Å². The molecule has 0 radical (unpaired) electrons. The van der Waals surface area contributed by atoms with Crippen LogP contribution in [0.1, 0.15) is 46.7 Å². The fourth-order valence-electron chi connectivity index (χ4n) is 3.26. The van der Waals surface area contributed by atoms with Crippen molar-refractivity contribution < 1.29 is 4.74 Å². The van der Waals surface area contributed by atoms with Crippen molar-refractivity contribution in [3.63, 3.8) is 0 Å². The summed E-state index contributed by atoms with van der Waals surface area (Å²) in [6.45, 7) is 4.37. The summed E-state index contributed by atoms with van der Waals surface area (Å²) in [7, 11) is 0. The van der Waals surface area contributed by atoms with E-state index in [0.717, 1.165) is 22.4 Å². The molecule has 0 saturated heterocycles. The molecule has 140 valence electrons. The molecule has 0 spiro atoms. The number of ether oxygens (including phenoxy) is 1. The van der Waals surface area contributed by atoms with Crippen LogP contribution in [0.5, 0.6) is 0 Å². The van der Waals surface area contributed by atoms with Gasteiger partial charge in [0.1, 0.15) is 18.8 Å². The van der Waals surface area contributed by atoms with E-state index < -0.39 is 0 Å². The van der Waals surface area contributed by atoms with E-state index in [-0.39, 0.29) is 0 Å². The molecule has 4 nitrogen and oxygen atoms in total. The maximum Gasteiger partial charge on any atom is 0.134 e. The monoisotopic (exact) mass is 369 g/mol. The summed E-state index contributed by atoms with van der Waals surface area (Å²) in [5.41, 5.74) is 11.9. The number of nitrogens with zero attached hydrogens (tertiary/aromatic N) is 2. The number of hydrogen-bond acceptors (Lipinski definition) is 4. The molecular weight excluding hydrogens is 346 g/mol. The van der Waals surface area contributed by atoms with Gasteiger partial charge in [0.2, 0.25) is 0 Å². The van der Waals surface area contributed by atoms with Gasteiger partial charge in [-0.15, -0.1) is 0 Å². The van der Waals surface area contributed by atoms with Crippen LogP contribution in [0.2, 0.25) is 0 Å². The van der Waals surface area contributed by atoms with Gasteiger partial charge in [0.25, 0.3) is 0 Å². The molecule has 4 heteroatoms. The third-order valence-electron chi connectivity index (χ3n) is 4.91. The number of rotatable bonds is 7. The molecule has 4 rings (SSSR count). The zero-order valence-electron chi connectivity index (χ0n) is 15.7. The molecule has 3 aromatic rings. The first kappa shape index (κ1) is 18.0. The van der Waals surface area contributed by atoms with Crippen molar-refractivity contribution in [1.29, 1.82) is 0 Å². The van der Waals surface area contributed by atoms with Crippen molar-refractivity contribution in [3.8, 4) is 0 Å². The fraction of sp³-hybridized carbons (Fsp3) is 0.167. The van der Waals surface area contributed by atoms with Crippen molar-refractivity contribution >= 4 is 17.5 Å². The molecule has 0 bridgehead atoms. The van der Waals surface area contributed by atoms with Gasteiger partial charge in [-0.2, -0.15) is 0 Å². The molecule has 28 heavy (non-hydrogen) atoms. The molecule has 2 aromatic carbocycles. The highest BCUT2D eigenvalue weighted by atomic mass is 16.5. The number of anilines is 1. The molecule has 0 amide bonds. The Morgan fingerprint density at radius 3 is 2.68 bits per heavy atom. The lowest BCUT2D eigenvalue weighted by atomic mass is 9.97. The lowest BCUT2D eigenvalue weighted by Crippen LogP contribution is -2.03. The highest BCUT2D eigenvalue weighted by molar-refractivity contribution is 5.84. The second-order valence-corrected chi connectivity index (χ2v) is 6.95. The van der Waals surface area contributed by atoms with Gasteiger partial charge in [-0.25, -0.2) is 9.97 Å². The van der Waals surface area contributed by atoms with Crippen LogP contribution < -0.4 is 5.73 Å². The van der Waals surface area contributed by atoms with Gasteiger partial charge >= 0.3 is 0 Å². The minimum atomic E-state index is 0.410. The Kier molecular flexibility index (Phi) is 5.20. The van der Waals surface area contributed by atoms with E-state index in [4.69, 9.17) is 10.5 Å². The molecule has 1 aliphatic carbocycles. The highest BCUT2D eigenvalue weighted by Gasteiger charge is 2.24. The van der Waals surface area contributed by atoms with Gasteiger partial charge in [-0.3, -0.25) is 0 Å². The van der Waals surface area contributed by atoms with E-state index in [1.807, 2.05) is 30.3 Å². The second-order valence-electron chi connectivity index (χ2n) is 6.95. The maximum absolute atomic E-state index is 6.07. The van der Waals surface area contributed by atoms with Gasteiger partial charge in [-0.05, 0) is 35.4 Å². The summed E-state index contributed by atoms with van der Waals surface area (Å²) in [6.07, 6.45) is 7.46. The predicted molar refractivity (Wildman–Crippen MR) is 113 cm³/mol. The van der Waals surface area contributed by atoms with Crippen molar-refractivity contribution in [1.82, 2.24) is 9.97 Å². The van der Waals surface area contributed by atoms with E-state index in [1.54, 1.807) is 12.3 Å². The molecule has 2 N–H and O–H groups in total. The highest BCUT2D eigenvalue weighted by Crippen LogP contribution is 2.41. The average Bonchev–Trinajstić information content (AvgIpc) is 3.57. The molecule has 0 unspecified atom stereocenters. The molecular formula is C24H23N3O. The molecule has 1 aromatic heterocycles. The standard InChI is InChI=1S/C24H23N3O/c1-2-21-23(26-16-27-24(21)25)22(15-28-14-17-7-4-3-5-8-17)20-10-6-9-19(13-20)18-11-12-18/h2-10,13,15-16,18H,1,11-12,14H2,(H2,25,26,27)/b22-15+. The van der Waals surface area contributed by atoms with Crippen LogP contribution in [0, 0.1) is 0 Å².